The van der Waals surface area contributed by atoms with Gasteiger partial charge >= 0.3 is 0 Å². The molecule has 1 atom stereocenters. The van der Waals surface area contributed by atoms with Gasteiger partial charge < -0.3 is 10.0 Å². The van der Waals surface area contributed by atoms with Gasteiger partial charge in [-0.3, -0.25) is 0 Å². The molecule has 0 amide bonds. The van der Waals surface area contributed by atoms with E-state index in [9.17, 15) is 5.11 Å². The molecule has 0 saturated carbocycles. The summed E-state index contributed by atoms with van der Waals surface area (Å²) < 4.78 is 0. The van der Waals surface area contributed by atoms with Crippen molar-refractivity contribution in [3.05, 3.63) is 28.8 Å². The molecule has 1 unspecified atom stereocenters. The van der Waals surface area contributed by atoms with E-state index >= 15 is 0 Å². The summed E-state index contributed by atoms with van der Waals surface area (Å²) in [7, 11) is 0. The molecule has 1 N–H and O–H groups in total. The van der Waals surface area contributed by atoms with Crippen LogP contribution < -0.4 is 4.90 Å². The van der Waals surface area contributed by atoms with E-state index in [0.29, 0.717) is 11.6 Å². The van der Waals surface area contributed by atoms with Gasteiger partial charge in [-0.25, -0.2) is 0 Å². The van der Waals surface area contributed by atoms with Gasteiger partial charge in [0.15, 0.2) is 0 Å². The van der Waals surface area contributed by atoms with E-state index in [0.717, 1.165) is 17.8 Å². The van der Waals surface area contributed by atoms with E-state index in [4.69, 9.17) is 18.0 Å². The molecule has 0 saturated heterocycles. The van der Waals surface area contributed by atoms with Crippen molar-refractivity contribution in [2.24, 2.45) is 0 Å². The molecule has 16 heavy (non-hydrogen) atoms. The fraction of sp³-hybridized carbons (Fsp3) is 0.385. The monoisotopic (exact) mass is 237 g/mol. The molecule has 3 heteroatoms. The second kappa shape index (κ2) is 5.79. The summed E-state index contributed by atoms with van der Waals surface area (Å²) in [6, 6.07) is 5.60. The highest BCUT2D eigenvalue weighted by Crippen LogP contribution is 2.27. The van der Waals surface area contributed by atoms with Crippen molar-refractivity contribution >= 4 is 17.3 Å². The molecule has 0 heterocycles. The molecule has 0 aromatic heterocycles. The number of hydrogen-bond acceptors (Lipinski definition) is 2. The number of halogens is 1. The second-order valence-electron chi connectivity index (χ2n) is 3.60. The quantitative estimate of drug-likeness (QED) is 0.814. The molecule has 0 spiro atoms. The highest BCUT2D eigenvalue weighted by Gasteiger charge is 2.09. The molecule has 86 valence electrons. The van der Waals surface area contributed by atoms with Crippen LogP contribution in [0.4, 0.5) is 5.69 Å². The predicted octanol–water partition coefficient (Wildman–Crippen LogP) is 2.85. The van der Waals surface area contributed by atoms with Gasteiger partial charge in [-0.15, -0.1) is 6.42 Å². The Kier molecular flexibility index (Phi) is 4.67. The number of nitrogens with zero attached hydrogens (tertiary/aromatic N) is 1. The summed E-state index contributed by atoms with van der Waals surface area (Å²) in [4.78, 5) is 2.04. The van der Waals surface area contributed by atoms with E-state index in [1.165, 1.54) is 0 Å². The first-order valence-electron chi connectivity index (χ1n) is 5.26. The first kappa shape index (κ1) is 12.9. The molecule has 0 aliphatic rings. The van der Waals surface area contributed by atoms with E-state index in [1.54, 1.807) is 6.92 Å². The number of benzene rings is 1. The highest BCUT2D eigenvalue weighted by atomic mass is 35.5. The predicted molar refractivity (Wildman–Crippen MR) is 68.8 cm³/mol. The van der Waals surface area contributed by atoms with Crippen LogP contribution in [-0.4, -0.2) is 18.2 Å². The minimum absolute atomic E-state index is 0.552. The maximum Gasteiger partial charge on any atom is 0.0791 e. The summed E-state index contributed by atoms with van der Waals surface area (Å²) in [5.41, 5.74) is 1.72. The summed E-state index contributed by atoms with van der Waals surface area (Å²) >= 11 is 6.09. The molecular weight excluding hydrogens is 222 g/mol. The average Bonchev–Trinajstić information content (AvgIpc) is 2.25. The van der Waals surface area contributed by atoms with Gasteiger partial charge in [0.1, 0.15) is 0 Å². The summed E-state index contributed by atoms with van der Waals surface area (Å²) in [6.07, 6.45) is 4.74. The summed E-state index contributed by atoms with van der Waals surface area (Å²) in [5, 5.41) is 10.0. The minimum atomic E-state index is -0.552. The van der Waals surface area contributed by atoms with Crippen LogP contribution in [0, 0.1) is 12.3 Å². The van der Waals surface area contributed by atoms with Crippen LogP contribution in [0.2, 0.25) is 5.02 Å². The average molecular weight is 238 g/mol. The van der Waals surface area contributed by atoms with Crippen molar-refractivity contribution < 1.29 is 5.11 Å². The number of rotatable bonds is 4. The Morgan fingerprint density at radius 2 is 2.25 bits per heavy atom. The smallest absolute Gasteiger partial charge is 0.0791 e. The van der Waals surface area contributed by atoms with E-state index in [-0.39, 0.29) is 0 Å². The van der Waals surface area contributed by atoms with Crippen molar-refractivity contribution in [1.82, 2.24) is 0 Å². The lowest BCUT2D eigenvalue weighted by Gasteiger charge is -2.21. The van der Waals surface area contributed by atoms with Crippen LogP contribution in [-0.2, 0) is 0 Å². The Morgan fingerprint density at radius 1 is 1.56 bits per heavy atom. The Bertz CT molecular complexity index is 395. The molecule has 0 bridgehead atoms. The summed E-state index contributed by atoms with van der Waals surface area (Å²) in [5.74, 6) is 2.61. The van der Waals surface area contributed by atoms with Crippen LogP contribution in [0.1, 0.15) is 25.5 Å². The van der Waals surface area contributed by atoms with Crippen molar-refractivity contribution in [2.75, 3.05) is 18.0 Å². The fourth-order valence-electron chi connectivity index (χ4n) is 1.55. The van der Waals surface area contributed by atoms with Crippen molar-refractivity contribution in [3.63, 3.8) is 0 Å². The standard InChI is InChI=1S/C13H16ClNO/c1-4-8-15(5-2)11-6-7-12(10(3)16)13(14)9-11/h1,6-7,9-10,16H,5,8H2,2-3H3. The highest BCUT2D eigenvalue weighted by molar-refractivity contribution is 6.31. The Hall–Kier alpha value is -1.17. The zero-order chi connectivity index (χ0) is 12.1. The minimum Gasteiger partial charge on any atom is -0.389 e. The lowest BCUT2D eigenvalue weighted by molar-refractivity contribution is 0.199. The SMILES string of the molecule is C#CCN(CC)c1ccc(C(C)O)c(Cl)c1. The fourth-order valence-corrected chi connectivity index (χ4v) is 1.88. The van der Waals surface area contributed by atoms with Crippen LogP contribution in [0.3, 0.4) is 0 Å². The van der Waals surface area contributed by atoms with E-state index in [1.807, 2.05) is 30.0 Å². The number of terminal acetylenes is 1. The molecule has 1 rings (SSSR count). The van der Waals surface area contributed by atoms with Gasteiger partial charge in [0.05, 0.1) is 12.6 Å². The lowest BCUT2D eigenvalue weighted by Crippen LogP contribution is -2.22. The van der Waals surface area contributed by atoms with E-state index in [2.05, 4.69) is 5.92 Å². The molecule has 0 fully saturated rings. The topological polar surface area (TPSA) is 23.5 Å². The van der Waals surface area contributed by atoms with Gasteiger partial charge in [-0.1, -0.05) is 23.6 Å². The molecule has 0 aliphatic heterocycles. The van der Waals surface area contributed by atoms with Crippen LogP contribution in [0.5, 0.6) is 0 Å². The van der Waals surface area contributed by atoms with Gasteiger partial charge in [0.2, 0.25) is 0 Å². The zero-order valence-corrected chi connectivity index (χ0v) is 10.3. The molecule has 1 aromatic carbocycles. The Balaban J connectivity index is 3.00. The number of aliphatic hydroxyl groups excluding tert-OH is 1. The Morgan fingerprint density at radius 3 is 2.69 bits per heavy atom. The molecule has 0 aliphatic carbocycles. The van der Waals surface area contributed by atoms with Crippen molar-refractivity contribution in [2.45, 2.75) is 20.0 Å². The molecule has 2 nitrogen and oxygen atoms in total. The van der Waals surface area contributed by atoms with Crippen LogP contribution in [0.15, 0.2) is 18.2 Å². The third-order valence-corrected chi connectivity index (χ3v) is 2.79. The first-order valence-corrected chi connectivity index (χ1v) is 5.63. The second-order valence-corrected chi connectivity index (χ2v) is 4.01. The third-order valence-electron chi connectivity index (χ3n) is 2.46. The Labute approximate surface area is 102 Å². The summed E-state index contributed by atoms with van der Waals surface area (Å²) in [6.45, 7) is 5.11. The lowest BCUT2D eigenvalue weighted by atomic mass is 10.1. The van der Waals surface area contributed by atoms with Gasteiger partial charge in [-0.05, 0) is 31.5 Å². The van der Waals surface area contributed by atoms with Crippen molar-refractivity contribution in [3.8, 4) is 12.3 Å². The largest absolute Gasteiger partial charge is 0.389 e. The zero-order valence-electron chi connectivity index (χ0n) is 9.57. The van der Waals surface area contributed by atoms with Crippen LogP contribution >= 0.6 is 11.6 Å². The van der Waals surface area contributed by atoms with Crippen molar-refractivity contribution in [1.29, 1.82) is 0 Å². The van der Waals surface area contributed by atoms with Gasteiger partial charge in [0.25, 0.3) is 0 Å². The number of aliphatic hydroxyl groups is 1. The maximum atomic E-state index is 9.46. The first-order chi connectivity index (χ1) is 7.60. The molecule has 0 radical (unpaired) electrons. The van der Waals surface area contributed by atoms with Crippen LogP contribution in [0.25, 0.3) is 0 Å². The van der Waals surface area contributed by atoms with Gasteiger partial charge in [-0.2, -0.15) is 0 Å². The number of anilines is 1. The third kappa shape index (κ3) is 2.91. The van der Waals surface area contributed by atoms with Gasteiger partial charge in [0, 0.05) is 17.3 Å². The molecule has 1 aromatic rings. The normalized spacial score (nSPS) is 11.9. The number of hydrogen-bond donors (Lipinski definition) is 1. The van der Waals surface area contributed by atoms with E-state index < -0.39 is 6.10 Å². The molecular formula is C13H16ClNO. The maximum absolute atomic E-state index is 9.46.